The van der Waals surface area contributed by atoms with Gasteiger partial charge in [-0.3, -0.25) is 0 Å². The van der Waals surface area contributed by atoms with E-state index in [9.17, 15) is 4.79 Å². The molecule has 0 aliphatic carbocycles. The van der Waals surface area contributed by atoms with E-state index in [1.165, 1.54) is 6.92 Å². The van der Waals surface area contributed by atoms with Crippen molar-refractivity contribution >= 4 is 5.97 Å². The molecule has 0 aromatic carbocycles. The van der Waals surface area contributed by atoms with Gasteiger partial charge < -0.3 is 14.9 Å². The highest BCUT2D eigenvalue weighted by Crippen LogP contribution is 2.01. The van der Waals surface area contributed by atoms with E-state index in [1.807, 2.05) is 0 Å². The summed E-state index contributed by atoms with van der Waals surface area (Å²) in [4.78, 5) is 10.9. The van der Waals surface area contributed by atoms with Crippen LogP contribution in [0.15, 0.2) is 11.6 Å². The van der Waals surface area contributed by atoms with E-state index in [0.717, 1.165) is 0 Å². The van der Waals surface area contributed by atoms with Crippen molar-refractivity contribution in [3.63, 3.8) is 0 Å². The fourth-order valence-electron chi connectivity index (χ4n) is 0.419. The second kappa shape index (κ2) is 4.90. The molecule has 0 spiro atoms. The molecule has 0 heterocycles. The summed E-state index contributed by atoms with van der Waals surface area (Å²) in [5.74, 6) is -0.620. The predicted octanol–water partition coefficient (Wildman–Crippen LogP) is 0.195. The number of carbonyl (C=O) groups excluding carboxylic acids is 1. The summed E-state index contributed by atoms with van der Waals surface area (Å²) in [5.41, 5.74) is 0.398. The summed E-state index contributed by atoms with van der Waals surface area (Å²) < 4.78 is 4.46. The largest absolute Gasteiger partial charge is 0.430 e. The third-order valence-electron chi connectivity index (χ3n) is 1.40. The van der Waals surface area contributed by atoms with Crippen molar-refractivity contribution in [1.82, 2.24) is 0 Å². The van der Waals surface area contributed by atoms with E-state index < -0.39 is 18.4 Å². The lowest BCUT2D eigenvalue weighted by molar-refractivity contribution is -0.179. The second-order valence-electron chi connectivity index (χ2n) is 2.51. The second-order valence-corrected chi connectivity index (χ2v) is 2.51. The maximum Gasteiger partial charge on any atom is 0.335 e. The number of ether oxygens (including phenoxy) is 1. The quantitative estimate of drug-likeness (QED) is 0.364. The van der Waals surface area contributed by atoms with E-state index in [0.29, 0.717) is 5.57 Å². The van der Waals surface area contributed by atoms with Crippen LogP contribution in [-0.4, -0.2) is 28.6 Å². The van der Waals surface area contributed by atoms with E-state index in [4.69, 9.17) is 10.2 Å². The summed E-state index contributed by atoms with van der Waals surface area (Å²) >= 11 is 0. The number of allylic oxidation sites excluding steroid dienone is 1. The number of rotatable bonds is 3. The highest BCUT2D eigenvalue weighted by molar-refractivity contribution is 5.87. The molecule has 70 valence electrons. The highest BCUT2D eigenvalue weighted by Gasteiger charge is 2.16. The van der Waals surface area contributed by atoms with E-state index in [-0.39, 0.29) is 0 Å². The van der Waals surface area contributed by atoms with Crippen LogP contribution in [0.1, 0.15) is 20.8 Å². The first-order chi connectivity index (χ1) is 5.49. The Morgan fingerprint density at radius 2 is 2.00 bits per heavy atom. The van der Waals surface area contributed by atoms with Gasteiger partial charge in [-0.2, -0.15) is 0 Å². The molecule has 0 bridgehead atoms. The van der Waals surface area contributed by atoms with Crippen molar-refractivity contribution in [3.8, 4) is 0 Å². The molecule has 0 aliphatic rings. The predicted molar refractivity (Wildman–Crippen MR) is 43.2 cm³/mol. The van der Waals surface area contributed by atoms with Gasteiger partial charge in [0.25, 0.3) is 0 Å². The number of esters is 1. The molecule has 4 nitrogen and oxygen atoms in total. The molecule has 0 amide bonds. The Morgan fingerprint density at radius 3 is 2.33 bits per heavy atom. The van der Waals surface area contributed by atoms with Gasteiger partial charge >= 0.3 is 5.97 Å². The molecule has 0 aromatic heterocycles. The average molecular weight is 174 g/mol. The summed E-state index contributed by atoms with van der Waals surface area (Å²) in [5, 5.41) is 17.7. The first kappa shape index (κ1) is 11.1. The number of aliphatic hydroxyl groups excluding tert-OH is 2. The van der Waals surface area contributed by atoms with Crippen LogP contribution in [0.5, 0.6) is 0 Å². The van der Waals surface area contributed by atoms with E-state index in [1.54, 1.807) is 19.9 Å². The molecular weight excluding hydrogens is 160 g/mol. The topological polar surface area (TPSA) is 66.8 Å². The van der Waals surface area contributed by atoms with Gasteiger partial charge in [0.15, 0.2) is 0 Å². The number of hydrogen-bond donors (Lipinski definition) is 2. The Kier molecular flexibility index (Phi) is 4.54. The van der Waals surface area contributed by atoms with Crippen molar-refractivity contribution < 1.29 is 19.7 Å². The third-order valence-corrected chi connectivity index (χ3v) is 1.40. The maximum atomic E-state index is 10.9. The van der Waals surface area contributed by atoms with Crippen molar-refractivity contribution in [1.29, 1.82) is 0 Å². The van der Waals surface area contributed by atoms with Crippen molar-refractivity contribution in [2.75, 3.05) is 0 Å². The Morgan fingerprint density at radius 1 is 1.50 bits per heavy atom. The lowest BCUT2D eigenvalue weighted by Crippen LogP contribution is -2.28. The zero-order chi connectivity index (χ0) is 9.72. The van der Waals surface area contributed by atoms with E-state index in [2.05, 4.69) is 4.74 Å². The standard InChI is InChI=1S/C8H14O4/c1-4-5(2)7(10)12-8(11)6(3)9/h4,6,8-9,11H,1-3H3. The number of aliphatic hydroxyl groups is 2. The number of carbonyl (C=O) groups is 1. The van der Waals surface area contributed by atoms with Crippen LogP contribution in [0.3, 0.4) is 0 Å². The molecule has 0 saturated heterocycles. The smallest absolute Gasteiger partial charge is 0.335 e. The Bertz CT molecular complexity index is 183. The molecule has 4 heteroatoms. The van der Waals surface area contributed by atoms with Crippen LogP contribution in [-0.2, 0) is 9.53 Å². The Hall–Kier alpha value is -0.870. The lowest BCUT2D eigenvalue weighted by atomic mass is 10.3. The van der Waals surface area contributed by atoms with Crippen LogP contribution in [0.4, 0.5) is 0 Å². The van der Waals surface area contributed by atoms with Gasteiger partial charge in [-0.15, -0.1) is 0 Å². The van der Waals surface area contributed by atoms with Crippen molar-refractivity contribution in [2.24, 2.45) is 0 Å². The fraction of sp³-hybridized carbons (Fsp3) is 0.625. The first-order valence-electron chi connectivity index (χ1n) is 3.69. The zero-order valence-electron chi connectivity index (χ0n) is 7.44. The molecule has 2 unspecified atom stereocenters. The van der Waals surface area contributed by atoms with Gasteiger partial charge in [0, 0.05) is 5.57 Å². The van der Waals surface area contributed by atoms with Crippen LogP contribution in [0.2, 0.25) is 0 Å². The summed E-state index contributed by atoms with van der Waals surface area (Å²) in [6, 6.07) is 0. The molecule has 2 N–H and O–H groups in total. The van der Waals surface area contributed by atoms with Crippen molar-refractivity contribution in [2.45, 2.75) is 33.2 Å². The molecule has 0 saturated carbocycles. The Balaban J connectivity index is 4.02. The maximum absolute atomic E-state index is 10.9. The SMILES string of the molecule is CC=C(C)C(=O)OC(O)C(C)O. The zero-order valence-corrected chi connectivity index (χ0v) is 7.44. The molecule has 12 heavy (non-hydrogen) atoms. The molecular formula is C8H14O4. The van der Waals surface area contributed by atoms with Crippen LogP contribution in [0.25, 0.3) is 0 Å². The number of hydrogen-bond acceptors (Lipinski definition) is 4. The molecule has 0 rings (SSSR count). The van der Waals surface area contributed by atoms with Gasteiger partial charge in [0.05, 0.1) is 0 Å². The minimum absolute atomic E-state index is 0.398. The Labute approximate surface area is 71.5 Å². The van der Waals surface area contributed by atoms with Gasteiger partial charge in [-0.05, 0) is 20.8 Å². The summed E-state index contributed by atoms with van der Waals surface area (Å²) in [7, 11) is 0. The van der Waals surface area contributed by atoms with Gasteiger partial charge in [0.2, 0.25) is 6.29 Å². The lowest BCUT2D eigenvalue weighted by Gasteiger charge is -2.14. The minimum atomic E-state index is -1.45. The molecule has 0 radical (unpaired) electrons. The van der Waals surface area contributed by atoms with Gasteiger partial charge in [0.1, 0.15) is 6.10 Å². The molecule has 0 fully saturated rings. The summed E-state index contributed by atoms with van der Waals surface area (Å²) in [6.07, 6.45) is -0.956. The fourth-order valence-corrected chi connectivity index (χ4v) is 0.419. The normalized spacial score (nSPS) is 16.9. The van der Waals surface area contributed by atoms with Crippen molar-refractivity contribution in [3.05, 3.63) is 11.6 Å². The molecule has 0 aliphatic heterocycles. The van der Waals surface area contributed by atoms with Gasteiger partial charge in [-0.25, -0.2) is 4.79 Å². The molecule has 2 atom stereocenters. The minimum Gasteiger partial charge on any atom is -0.430 e. The monoisotopic (exact) mass is 174 g/mol. The summed E-state index contributed by atoms with van der Waals surface area (Å²) in [6.45, 7) is 4.59. The van der Waals surface area contributed by atoms with Gasteiger partial charge in [-0.1, -0.05) is 6.08 Å². The van der Waals surface area contributed by atoms with E-state index >= 15 is 0 Å². The van der Waals surface area contributed by atoms with Crippen LogP contribution in [0, 0.1) is 0 Å². The first-order valence-corrected chi connectivity index (χ1v) is 3.69. The molecule has 0 aromatic rings. The third kappa shape index (κ3) is 3.50. The van der Waals surface area contributed by atoms with Crippen LogP contribution < -0.4 is 0 Å². The van der Waals surface area contributed by atoms with Crippen LogP contribution >= 0.6 is 0 Å². The highest BCUT2D eigenvalue weighted by atomic mass is 16.6. The average Bonchev–Trinajstić information content (AvgIpc) is 2.02.